The van der Waals surface area contributed by atoms with Crippen molar-refractivity contribution >= 4 is 34.5 Å². The third-order valence-corrected chi connectivity index (χ3v) is 5.26. The molecular weight excluding hydrogens is 360 g/mol. The number of nitrogens with zero attached hydrogens (tertiary/aromatic N) is 4. The number of carbonyl (C=O) groups excluding carboxylic acids is 1. The Hall–Kier alpha value is -2.80. The molecule has 0 fully saturated rings. The van der Waals surface area contributed by atoms with Crippen LogP contribution in [0.5, 0.6) is 0 Å². The fourth-order valence-corrected chi connectivity index (χ4v) is 3.83. The van der Waals surface area contributed by atoms with E-state index in [1.54, 1.807) is 6.92 Å². The minimum Gasteiger partial charge on any atom is -0.465 e. The van der Waals surface area contributed by atoms with Gasteiger partial charge in [-0.05, 0) is 31.5 Å². The summed E-state index contributed by atoms with van der Waals surface area (Å²) >= 11 is 1.34. The van der Waals surface area contributed by atoms with Crippen LogP contribution < -0.4 is 0 Å². The van der Waals surface area contributed by atoms with Gasteiger partial charge in [0.15, 0.2) is 5.16 Å². The summed E-state index contributed by atoms with van der Waals surface area (Å²) in [6.45, 7) is 4.97. The average Bonchev–Trinajstić information content (AvgIpc) is 3.22. The predicted molar refractivity (Wildman–Crippen MR) is 106 cm³/mol. The number of hydrogen-bond acceptors (Lipinski definition) is 5. The molecule has 0 aliphatic heterocycles. The van der Waals surface area contributed by atoms with Crippen LogP contribution >= 0.6 is 11.8 Å². The number of esters is 1. The van der Waals surface area contributed by atoms with Gasteiger partial charge in [-0.2, -0.15) is 0 Å². The predicted octanol–water partition coefficient (Wildman–Crippen LogP) is 3.70. The smallest absolute Gasteiger partial charge is 0.316 e. The highest BCUT2D eigenvalue weighted by Gasteiger charge is 2.18. The van der Waals surface area contributed by atoms with Crippen LogP contribution in [0.4, 0.5) is 0 Å². The molecule has 0 aliphatic rings. The van der Waals surface area contributed by atoms with Gasteiger partial charge < -0.3 is 9.30 Å². The highest BCUT2D eigenvalue weighted by Crippen LogP contribution is 2.26. The van der Waals surface area contributed by atoms with E-state index in [1.165, 1.54) is 22.9 Å². The Morgan fingerprint density at radius 1 is 1.07 bits per heavy atom. The summed E-state index contributed by atoms with van der Waals surface area (Å²) in [7, 11) is 0. The second kappa shape index (κ2) is 7.44. The van der Waals surface area contributed by atoms with Gasteiger partial charge >= 0.3 is 5.97 Å². The van der Waals surface area contributed by atoms with Gasteiger partial charge in [-0.25, -0.2) is 0 Å². The number of carbonyl (C=O) groups is 1. The Kier molecular flexibility index (Phi) is 4.85. The van der Waals surface area contributed by atoms with Gasteiger partial charge in [0.2, 0.25) is 5.78 Å². The lowest BCUT2D eigenvalue weighted by Gasteiger charge is -2.05. The van der Waals surface area contributed by atoms with Crippen LogP contribution in [0, 0.1) is 6.92 Å². The molecule has 0 atom stereocenters. The first-order valence-electron chi connectivity index (χ1n) is 8.83. The number of thioether (sulfide) groups is 1. The normalized spacial score (nSPS) is 11.3. The average molecular weight is 380 g/mol. The number of rotatable bonds is 6. The van der Waals surface area contributed by atoms with Gasteiger partial charge in [0.25, 0.3) is 0 Å². The summed E-state index contributed by atoms with van der Waals surface area (Å²) < 4.78 is 9.17. The van der Waals surface area contributed by atoms with Crippen molar-refractivity contribution in [3.63, 3.8) is 0 Å². The molecule has 2 aromatic heterocycles. The summed E-state index contributed by atoms with van der Waals surface area (Å²) in [5.41, 5.74) is 4.55. The molecule has 0 saturated heterocycles. The first-order chi connectivity index (χ1) is 13.2. The fraction of sp³-hybridized carbons (Fsp3) is 0.250. The largest absolute Gasteiger partial charge is 0.465 e. The quantitative estimate of drug-likeness (QED) is 0.377. The molecule has 0 unspecified atom stereocenters. The van der Waals surface area contributed by atoms with Crippen LogP contribution in [0.3, 0.4) is 0 Å². The molecule has 0 aliphatic carbocycles. The maximum Gasteiger partial charge on any atom is 0.316 e. The number of hydrogen-bond donors (Lipinski definition) is 0. The van der Waals surface area contributed by atoms with Gasteiger partial charge in [-0.3, -0.25) is 9.20 Å². The molecule has 7 heteroatoms. The van der Waals surface area contributed by atoms with Crippen molar-refractivity contribution < 1.29 is 9.53 Å². The Morgan fingerprint density at radius 2 is 1.81 bits per heavy atom. The molecule has 27 heavy (non-hydrogen) atoms. The minimum atomic E-state index is -0.248. The molecule has 138 valence electrons. The second-order valence-corrected chi connectivity index (χ2v) is 7.21. The third kappa shape index (κ3) is 3.42. The molecule has 0 N–H and O–H groups in total. The molecular formula is C20H20N4O2S. The second-order valence-electron chi connectivity index (χ2n) is 6.27. The maximum atomic E-state index is 11.7. The molecule has 2 aromatic carbocycles. The van der Waals surface area contributed by atoms with E-state index in [1.807, 2.05) is 22.6 Å². The topological polar surface area (TPSA) is 61.4 Å². The summed E-state index contributed by atoms with van der Waals surface area (Å²) in [4.78, 5) is 11.7. The van der Waals surface area contributed by atoms with Crippen molar-refractivity contribution in [2.45, 2.75) is 25.5 Å². The minimum absolute atomic E-state index is 0.214. The summed E-state index contributed by atoms with van der Waals surface area (Å²) in [6, 6.07) is 16.6. The van der Waals surface area contributed by atoms with Crippen molar-refractivity contribution in [3.05, 3.63) is 59.7 Å². The van der Waals surface area contributed by atoms with Crippen molar-refractivity contribution in [3.8, 4) is 0 Å². The standard InChI is InChI=1S/C20H20N4O2S/c1-3-26-18(25)13-27-20-22-21-19-23(12-15-10-8-14(2)9-11-15)16-6-4-5-7-17(16)24(19)20/h4-11H,3,12-13H2,1-2H3. The maximum absolute atomic E-state index is 11.7. The zero-order valence-corrected chi connectivity index (χ0v) is 16.1. The number of ether oxygens (including phenoxy) is 1. The van der Waals surface area contributed by atoms with Gasteiger partial charge in [0.1, 0.15) is 0 Å². The van der Waals surface area contributed by atoms with Crippen molar-refractivity contribution in [1.82, 2.24) is 19.2 Å². The van der Waals surface area contributed by atoms with Crippen molar-refractivity contribution in [1.29, 1.82) is 0 Å². The first kappa shape index (κ1) is 17.6. The Labute approximate surface area is 161 Å². The van der Waals surface area contributed by atoms with Crippen LogP contribution in [0.25, 0.3) is 16.8 Å². The van der Waals surface area contributed by atoms with Crippen molar-refractivity contribution in [2.75, 3.05) is 12.4 Å². The summed E-state index contributed by atoms with van der Waals surface area (Å²) in [5, 5.41) is 9.39. The van der Waals surface area contributed by atoms with E-state index in [4.69, 9.17) is 4.74 Å². The summed E-state index contributed by atoms with van der Waals surface area (Å²) in [6.07, 6.45) is 0. The van der Waals surface area contributed by atoms with E-state index in [2.05, 4.69) is 52.0 Å². The lowest BCUT2D eigenvalue weighted by atomic mass is 10.1. The molecule has 4 rings (SSSR count). The van der Waals surface area contributed by atoms with Crippen LogP contribution in [0.15, 0.2) is 53.7 Å². The Morgan fingerprint density at radius 3 is 2.56 bits per heavy atom. The first-order valence-corrected chi connectivity index (χ1v) is 9.82. The van der Waals surface area contributed by atoms with E-state index < -0.39 is 0 Å². The number of para-hydroxylation sites is 2. The highest BCUT2D eigenvalue weighted by molar-refractivity contribution is 7.99. The SMILES string of the molecule is CCOC(=O)CSc1nnc2n(Cc3ccc(C)cc3)c3ccccc3n12. The third-order valence-electron chi connectivity index (χ3n) is 4.36. The van der Waals surface area contributed by atoms with E-state index in [0.717, 1.165) is 16.8 Å². The zero-order valence-electron chi connectivity index (χ0n) is 15.3. The van der Waals surface area contributed by atoms with Crippen LogP contribution in [-0.2, 0) is 16.1 Å². The molecule has 2 heterocycles. The van der Waals surface area contributed by atoms with Crippen LogP contribution in [0.1, 0.15) is 18.1 Å². The van der Waals surface area contributed by atoms with Gasteiger partial charge in [-0.15, -0.1) is 10.2 Å². The summed E-state index contributed by atoms with van der Waals surface area (Å²) in [5.74, 6) is 0.734. The van der Waals surface area contributed by atoms with Gasteiger partial charge in [0, 0.05) is 0 Å². The van der Waals surface area contributed by atoms with Gasteiger partial charge in [-0.1, -0.05) is 53.7 Å². The van der Waals surface area contributed by atoms with Crippen LogP contribution in [0.2, 0.25) is 0 Å². The van der Waals surface area contributed by atoms with E-state index in [0.29, 0.717) is 18.3 Å². The molecule has 0 bridgehead atoms. The highest BCUT2D eigenvalue weighted by atomic mass is 32.2. The number of fused-ring (bicyclic) bond motifs is 3. The van der Waals surface area contributed by atoms with Crippen molar-refractivity contribution in [2.24, 2.45) is 0 Å². The molecule has 0 radical (unpaired) electrons. The number of imidazole rings is 1. The lowest BCUT2D eigenvalue weighted by molar-refractivity contribution is -0.139. The van der Waals surface area contributed by atoms with E-state index >= 15 is 0 Å². The Bertz CT molecular complexity index is 1100. The number of benzene rings is 2. The van der Waals surface area contributed by atoms with Gasteiger partial charge in [0.05, 0.1) is 29.9 Å². The van der Waals surface area contributed by atoms with Crippen LogP contribution in [-0.4, -0.2) is 37.5 Å². The number of aromatic nitrogens is 4. The molecule has 4 aromatic rings. The zero-order chi connectivity index (χ0) is 18.8. The Balaban J connectivity index is 1.75. The van der Waals surface area contributed by atoms with E-state index in [9.17, 15) is 4.79 Å². The molecule has 0 amide bonds. The lowest BCUT2D eigenvalue weighted by Crippen LogP contribution is -2.07. The molecule has 0 spiro atoms. The molecule has 6 nitrogen and oxygen atoms in total. The monoisotopic (exact) mass is 380 g/mol. The van der Waals surface area contributed by atoms with E-state index in [-0.39, 0.29) is 11.7 Å². The molecule has 0 saturated carbocycles. The fourth-order valence-electron chi connectivity index (χ4n) is 3.09. The number of aryl methyl sites for hydroxylation is 1.